The number of ether oxygens (including phenoxy) is 1. The second-order valence-corrected chi connectivity index (χ2v) is 8.30. The second kappa shape index (κ2) is 10.1. The highest BCUT2D eigenvalue weighted by atomic mass is 32.2. The maximum absolute atomic E-state index is 13.2. The Bertz CT molecular complexity index is 639. The normalized spacial score (nSPS) is 18.2. The molecule has 0 aromatic heterocycles. The molecular weight excluding hydrogens is 367 g/mol. The van der Waals surface area contributed by atoms with Crippen LogP contribution in [0.15, 0.2) is 24.3 Å². The summed E-state index contributed by atoms with van der Waals surface area (Å²) in [6.45, 7) is 9.44. The third-order valence-electron chi connectivity index (χ3n) is 4.48. The maximum atomic E-state index is 13.2. The van der Waals surface area contributed by atoms with Crippen molar-refractivity contribution in [2.24, 2.45) is 5.92 Å². The first-order chi connectivity index (χ1) is 12.8. The molecule has 0 spiro atoms. The number of hydrogen-bond donors (Lipinski definition) is 0. The molecule has 0 bridgehead atoms. The van der Waals surface area contributed by atoms with Crippen LogP contribution in [0.3, 0.4) is 0 Å². The number of thioether (sulfide) groups is 1. The smallest absolute Gasteiger partial charge is 0.323 e. The van der Waals surface area contributed by atoms with Gasteiger partial charge in [-0.1, -0.05) is 26.0 Å². The van der Waals surface area contributed by atoms with Crippen molar-refractivity contribution in [3.8, 4) is 0 Å². The van der Waals surface area contributed by atoms with Gasteiger partial charge in [0, 0.05) is 18.8 Å². The number of benzene rings is 1. The SMILES string of the molecule is CCOC(=O)[C@@H](C)N(CC(=O)N1CCS[C@@H]1c1ccc(F)cc1)CC(C)C. The molecule has 1 fully saturated rings. The molecule has 2 atom stereocenters. The Morgan fingerprint density at radius 1 is 1.30 bits per heavy atom. The summed E-state index contributed by atoms with van der Waals surface area (Å²) in [7, 11) is 0. The highest BCUT2D eigenvalue weighted by molar-refractivity contribution is 7.99. The third kappa shape index (κ3) is 5.94. The third-order valence-corrected chi connectivity index (χ3v) is 5.74. The van der Waals surface area contributed by atoms with Crippen LogP contribution in [0.5, 0.6) is 0 Å². The van der Waals surface area contributed by atoms with Gasteiger partial charge in [-0.25, -0.2) is 4.39 Å². The molecule has 1 aliphatic rings. The average Bonchev–Trinajstić information content (AvgIpc) is 3.10. The summed E-state index contributed by atoms with van der Waals surface area (Å²) in [5.74, 6) is 0.537. The van der Waals surface area contributed by atoms with Crippen molar-refractivity contribution in [3.05, 3.63) is 35.6 Å². The van der Waals surface area contributed by atoms with Crippen LogP contribution in [-0.2, 0) is 14.3 Å². The van der Waals surface area contributed by atoms with Crippen LogP contribution in [0, 0.1) is 11.7 Å². The van der Waals surface area contributed by atoms with Gasteiger partial charge in [-0.3, -0.25) is 14.5 Å². The van der Waals surface area contributed by atoms with Crippen LogP contribution in [0.25, 0.3) is 0 Å². The topological polar surface area (TPSA) is 49.9 Å². The molecule has 27 heavy (non-hydrogen) atoms. The Kier molecular flexibility index (Phi) is 8.10. The Morgan fingerprint density at radius 3 is 2.56 bits per heavy atom. The zero-order valence-electron chi connectivity index (χ0n) is 16.5. The average molecular weight is 397 g/mol. The minimum Gasteiger partial charge on any atom is -0.465 e. The monoisotopic (exact) mass is 396 g/mol. The fourth-order valence-corrected chi connectivity index (χ4v) is 4.41. The van der Waals surface area contributed by atoms with Gasteiger partial charge in [0.15, 0.2) is 0 Å². The minimum absolute atomic E-state index is 0.0221. The van der Waals surface area contributed by atoms with Crippen molar-refractivity contribution < 1.29 is 18.7 Å². The van der Waals surface area contributed by atoms with Crippen molar-refractivity contribution in [2.75, 3.05) is 32.0 Å². The number of halogens is 1. The molecule has 1 heterocycles. The molecule has 1 aromatic rings. The number of amides is 1. The van der Waals surface area contributed by atoms with E-state index in [9.17, 15) is 14.0 Å². The fraction of sp³-hybridized carbons (Fsp3) is 0.600. The number of carbonyl (C=O) groups excluding carboxylic acids is 2. The van der Waals surface area contributed by atoms with Crippen LogP contribution >= 0.6 is 11.8 Å². The first-order valence-electron chi connectivity index (χ1n) is 9.40. The van der Waals surface area contributed by atoms with Gasteiger partial charge in [0.05, 0.1) is 13.2 Å². The molecule has 0 radical (unpaired) electrons. The molecule has 0 N–H and O–H groups in total. The Hall–Kier alpha value is -1.60. The molecule has 7 heteroatoms. The summed E-state index contributed by atoms with van der Waals surface area (Å²) < 4.78 is 18.3. The van der Waals surface area contributed by atoms with E-state index >= 15 is 0 Å². The van der Waals surface area contributed by atoms with E-state index in [1.807, 2.05) is 9.80 Å². The van der Waals surface area contributed by atoms with Crippen molar-refractivity contribution in [2.45, 2.75) is 39.1 Å². The lowest BCUT2D eigenvalue weighted by Gasteiger charge is -2.31. The summed E-state index contributed by atoms with van der Waals surface area (Å²) in [5, 5.41) is -0.114. The van der Waals surface area contributed by atoms with E-state index in [0.29, 0.717) is 25.6 Å². The van der Waals surface area contributed by atoms with Crippen LogP contribution in [0.2, 0.25) is 0 Å². The summed E-state index contributed by atoms with van der Waals surface area (Å²) in [5.41, 5.74) is 0.918. The van der Waals surface area contributed by atoms with Crippen molar-refractivity contribution in [1.82, 2.24) is 9.80 Å². The van der Waals surface area contributed by atoms with E-state index in [1.165, 1.54) is 12.1 Å². The Morgan fingerprint density at radius 2 is 1.96 bits per heavy atom. The van der Waals surface area contributed by atoms with Gasteiger partial charge in [-0.15, -0.1) is 11.8 Å². The lowest BCUT2D eigenvalue weighted by molar-refractivity contribution is -0.150. The van der Waals surface area contributed by atoms with E-state index in [2.05, 4.69) is 13.8 Å². The summed E-state index contributed by atoms with van der Waals surface area (Å²) >= 11 is 1.67. The quantitative estimate of drug-likeness (QED) is 0.631. The van der Waals surface area contributed by atoms with Crippen molar-refractivity contribution in [3.63, 3.8) is 0 Å². The first-order valence-corrected chi connectivity index (χ1v) is 10.5. The van der Waals surface area contributed by atoms with Crippen LogP contribution in [0.4, 0.5) is 4.39 Å². The van der Waals surface area contributed by atoms with Crippen LogP contribution in [-0.4, -0.2) is 59.7 Å². The molecule has 1 amide bonds. The predicted molar refractivity (Wildman–Crippen MR) is 106 cm³/mol. The molecule has 1 aromatic carbocycles. The predicted octanol–water partition coefficient (Wildman–Crippen LogP) is 3.31. The lowest BCUT2D eigenvalue weighted by Crippen LogP contribution is -2.48. The molecule has 1 saturated heterocycles. The summed E-state index contributed by atoms with van der Waals surface area (Å²) in [6, 6.07) is 5.82. The molecule has 5 nitrogen and oxygen atoms in total. The molecule has 150 valence electrons. The van der Waals surface area contributed by atoms with Gasteiger partial charge in [0.2, 0.25) is 5.91 Å². The number of rotatable bonds is 8. The molecule has 2 rings (SSSR count). The maximum Gasteiger partial charge on any atom is 0.323 e. The first kappa shape index (κ1) is 21.7. The number of hydrogen-bond acceptors (Lipinski definition) is 5. The zero-order chi connectivity index (χ0) is 20.0. The van der Waals surface area contributed by atoms with E-state index in [0.717, 1.165) is 11.3 Å². The summed E-state index contributed by atoms with van der Waals surface area (Å²) in [6.07, 6.45) is 0. The standard InChI is InChI=1S/C20H29FN2O3S/c1-5-26-20(25)15(4)22(12-14(2)3)13-18(24)23-10-11-27-19(23)16-6-8-17(21)9-7-16/h6-9,14-15,19H,5,10-13H2,1-4H3/t15-,19-/m1/s1. The Labute approximate surface area is 165 Å². The van der Waals surface area contributed by atoms with E-state index < -0.39 is 6.04 Å². The Balaban J connectivity index is 2.10. The molecule has 1 aliphatic heterocycles. The highest BCUT2D eigenvalue weighted by Gasteiger charge is 2.33. The van der Waals surface area contributed by atoms with Gasteiger partial charge in [0.1, 0.15) is 17.2 Å². The number of carbonyl (C=O) groups is 2. The summed E-state index contributed by atoms with van der Waals surface area (Å²) in [4.78, 5) is 28.9. The largest absolute Gasteiger partial charge is 0.465 e. The van der Waals surface area contributed by atoms with E-state index in [1.54, 1.807) is 37.7 Å². The molecular formula is C20H29FN2O3S. The molecule has 0 saturated carbocycles. The number of nitrogens with zero attached hydrogens (tertiary/aromatic N) is 2. The van der Waals surface area contributed by atoms with Gasteiger partial charge in [-0.05, 0) is 37.5 Å². The van der Waals surface area contributed by atoms with Gasteiger partial charge < -0.3 is 9.64 Å². The highest BCUT2D eigenvalue weighted by Crippen LogP contribution is 2.38. The van der Waals surface area contributed by atoms with Gasteiger partial charge in [-0.2, -0.15) is 0 Å². The van der Waals surface area contributed by atoms with Crippen LogP contribution in [0.1, 0.15) is 38.6 Å². The van der Waals surface area contributed by atoms with E-state index in [4.69, 9.17) is 4.74 Å². The fourth-order valence-electron chi connectivity index (χ4n) is 3.13. The zero-order valence-corrected chi connectivity index (χ0v) is 17.3. The minimum atomic E-state index is -0.476. The van der Waals surface area contributed by atoms with Gasteiger partial charge in [0.25, 0.3) is 0 Å². The molecule has 0 unspecified atom stereocenters. The molecule has 0 aliphatic carbocycles. The second-order valence-electron chi connectivity index (χ2n) is 7.11. The lowest BCUT2D eigenvalue weighted by atomic mass is 10.1. The van der Waals surface area contributed by atoms with Gasteiger partial charge >= 0.3 is 5.97 Å². The van der Waals surface area contributed by atoms with Crippen LogP contribution < -0.4 is 0 Å². The van der Waals surface area contributed by atoms with Crippen molar-refractivity contribution >= 4 is 23.6 Å². The van der Waals surface area contributed by atoms with Crippen molar-refractivity contribution in [1.29, 1.82) is 0 Å². The number of esters is 1. The van der Waals surface area contributed by atoms with E-state index in [-0.39, 0.29) is 29.6 Å².